The van der Waals surface area contributed by atoms with Gasteiger partial charge in [0, 0.05) is 12.3 Å². The molecule has 0 N–H and O–H groups in total. The molecular formula is C5H9ClOS. The lowest BCUT2D eigenvalue weighted by atomic mass is 10.4. The quantitative estimate of drug-likeness (QED) is 0.452. The van der Waals surface area contributed by atoms with E-state index in [9.17, 15) is 0 Å². The number of ether oxygens (including phenoxy) is 1. The normalized spacial score (nSPS) is 8.75. The molecule has 0 aromatic heterocycles. The van der Waals surface area contributed by atoms with Gasteiger partial charge in [0.05, 0.1) is 7.11 Å². The third-order valence-electron chi connectivity index (χ3n) is 0.742. The molecule has 8 heavy (non-hydrogen) atoms. The van der Waals surface area contributed by atoms with Crippen molar-refractivity contribution in [2.24, 2.45) is 0 Å². The zero-order valence-electron chi connectivity index (χ0n) is 4.82. The van der Waals surface area contributed by atoms with E-state index < -0.39 is 0 Å². The van der Waals surface area contributed by atoms with Crippen LogP contribution in [0.15, 0.2) is 0 Å². The van der Waals surface area contributed by atoms with Crippen molar-refractivity contribution in [1.29, 1.82) is 0 Å². The van der Waals surface area contributed by atoms with Crippen LogP contribution in [0.5, 0.6) is 0 Å². The molecule has 3 heteroatoms. The average molecular weight is 153 g/mol. The number of halogens is 1. The van der Waals surface area contributed by atoms with Crippen LogP contribution in [0.3, 0.4) is 0 Å². The number of thiocarbonyl (C=S) groups is 1. The lowest BCUT2D eigenvalue weighted by molar-refractivity contribution is 0.401. The van der Waals surface area contributed by atoms with E-state index in [1.54, 1.807) is 7.11 Å². The van der Waals surface area contributed by atoms with E-state index in [-0.39, 0.29) is 0 Å². The largest absolute Gasteiger partial charge is 0.490 e. The summed E-state index contributed by atoms with van der Waals surface area (Å²) in [4.78, 5) is 0. The molecule has 0 amide bonds. The first-order valence-electron chi connectivity index (χ1n) is 2.44. The van der Waals surface area contributed by atoms with Crippen LogP contribution in [0.4, 0.5) is 0 Å². The smallest absolute Gasteiger partial charge is 0.159 e. The fourth-order valence-corrected chi connectivity index (χ4v) is 0.591. The minimum atomic E-state index is 0.644. The first kappa shape index (κ1) is 8.18. The summed E-state index contributed by atoms with van der Waals surface area (Å²) in [6, 6.07) is 0. The maximum absolute atomic E-state index is 5.39. The number of methoxy groups -OCH3 is 1. The molecule has 0 aliphatic heterocycles. The van der Waals surface area contributed by atoms with Crippen LogP contribution in [0.25, 0.3) is 0 Å². The van der Waals surface area contributed by atoms with Gasteiger partial charge >= 0.3 is 0 Å². The molecule has 0 bridgehead atoms. The van der Waals surface area contributed by atoms with Gasteiger partial charge in [-0.1, -0.05) is 0 Å². The monoisotopic (exact) mass is 152 g/mol. The van der Waals surface area contributed by atoms with Crippen molar-refractivity contribution in [2.75, 3.05) is 13.0 Å². The first-order chi connectivity index (χ1) is 3.81. The van der Waals surface area contributed by atoms with Gasteiger partial charge in [-0.25, -0.2) is 0 Å². The van der Waals surface area contributed by atoms with Crippen molar-refractivity contribution in [3.05, 3.63) is 0 Å². The van der Waals surface area contributed by atoms with Gasteiger partial charge in [0.2, 0.25) is 0 Å². The van der Waals surface area contributed by atoms with Gasteiger partial charge < -0.3 is 4.74 Å². The van der Waals surface area contributed by atoms with E-state index in [1.165, 1.54) is 0 Å². The second kappa shape index (κ2) is 5.32. The van der Waals surface area contributed by atoms with Crippen LogP contribution in [0.1, 0.15) is 12.8 Å². The zero-order valence-corrected chi connectivity index (χ0v) is 6.39. The molecule has 0 heterocycles. The Kier molecular flexibility index (Phi) is 5.44. The van der Waals surface area contributed by atoms with Gasteiger partial charge in [-0.2, -0.15) is 0 Å². The van der Waals surface area contributed by atoms with Crippen LogP contribution < -0.4 is 0 Å². The fraction of sp³-hybridized carbons (Fsp3) is 0.800. The fourth-order valence-electron chi connectivity index (χ4n) is 0.313. The lowest BCUT2D eigenvalue weighted by Gasteiger charge is -1.96. The molecule has 0 aliphatic rings. The van der Waals surface area contributed by atoms with E-state index in [4.69, 9.17) is 28.6 Å². The van der Waals surface area contributed by atoms with Crippen molar-refractivity contribution in [3.8, 4) is 0 Å². The summed E-state index contributed by atoms with van der Waals surface area (Å²) in [5, 5.41) is 0.644. The molecule has 0 unspecified atom stereocenters. The van der Waals surface area contributed by atoms with Crippen LogP contribution in [-0.4, -0.2) is 18.0 Å². The van der Waals surface area contributed by atoms with Crippen LogP contribution in [-0.2, 0) is 4.74 Å². The zero-order chi connectivity index (χ0) is 6.41. The second-order valence-electron chi connectivity index (χ2n) is 1.37. The summed E-state index contributed by atoms with van der Waals surface area (Å²) in [7, 11) is 1.58. The average Bonchev–Trinajstić information content (AvgIpc) is 1.83. The van der Waals surface area contributed by atoms with Crippen molar-refractivity contribution in [1.82, 2.24) is 0 Å². The Morgan fingerprint density at radius 3 is 2.75 bits per heavy atom. The highest BCUT2D eigenvalue weighted by molar-refractivity contribution is 7.80. The van der Waals surface area contributed by atoms with Crippen LogP contribution in [0.2, 0.25) is 0 Å². The van der Waals surface area contributed by atoms with Gasteiger partial charge in [0.15, 0.2) is 5.05 Å². The molecule has 0 saturated heterocycles. The summed E-state index contributed by atoms with van der Waals surface area (Å²) in [5.74, 6) is 0.656. The number of hydrogen-bond donors (Lipinski definition) is 0. The Labute approximate surface area is 60.0 Å². The van der Waals surface area contributed by atoms with Crippen molar-refractivity contribution >= 4 is 28.9 Å². The lowest BCUT2D eigenvalue weighted by Crippen LogP contribution is -1.96. The molecule has 0 fully saturated rings. The molecule has 0 saturated carbocycles. The Morgan fingerprint density at radius 2 is 2.38 bits per heavy atom. The van der Waals surface area contributed by atoms with E-state index in [1.807, 2.05) is 0 Å². The van der Waals surface area contributed by atoms with E-state index in [0.717, 1.165) is 12.8 Å². The Bertz CT molecular complexity index is 74.8. The standard InChI is InChI=1S/C5H9ClOS/c1-7-5(8)3-2-4-6/h2-4H2,1H3. The van der Waals surface area contributed by atoms with Crippen LogP contribution >= 0.6 is 23.8 Å². The van der Waals surface area contributed by atoms with Gasteiger partial charge in [-0.15, -0.1) is 11.6 Å². The summed E-state index contributed by atoms with van der Waals surface area (Å²) in [5.41, 5.74) is 0. The highest BCUT2D eigenvalue weighted by atomic mass is 35.5. The maximum Gasteiger partial charge on any atom is 0.159 e. The molecule has 0 radical (unpaired) electrons. The molecule has 0 aliphatic carbocycles. The maximum atomic E-state index is 5.39. The Balaban J connectivity index is 2.99. The van der Waals surface area contributed by atoms with Crippen LogP contribution in [0, 0.1) is 0 Å². The summed E-state index contributed by atoms with van der Waals surface area (Å²) in [6.45, 7) is 0. The van der Waals surface area contributed by atoms with Gasteiger partial charge in [-0.3, -0.25) is 0 Å². The Morgan fingerprint density at radius 1 is 1.75 bits per heavy atom. The molecule has 48 valence electrons. The molecular weight excluding hydrogens is 144 g/mol. The van der Waals surface area contributed by atoms with Gasteiger partial charge in [-0.05, 0) is 18.6 Å². The van der Waals surface area contributed by atoms with Gasteiger partial charge in [0.25, 0.3) is 0 Å². The molecule has 0 atom stereocenters. The predicted octanol–water partition coefficient (Wildman–Crippen LogP) is 1.98. The van der Waals surface area contributed by atoms with E-state index >= 15 is 0 Å². The van der Waals surface area contributed by atoms with Crippen molar-refractivity contribution < 1.29 is 4.74 Å². The van der Waals surface area contributed by atoms with Crippen molar-refractivity contribution in [2.45, 2.75) is 12.8 Å². The second-order valence-corrected chi connectivity index (χ2v) is 2.20. The minimum Gasteiger partial charge on any atom is -0.490 e. The molecule has 1 nitrogen and oxygen atoms in total. The third-order valence-corrected chi connectivity index (χ3v) is 1.38. The molecule has 0 aromatic rings. The number of rotatable bonds is 3. The SMILES string of the molecule is COC(=S)CCCCl. The third kappa shape index (κ3) is 4.34. The summed E-state index contributed by atoms with van der Waals surface area (Å²) < 4.78 is 4.73. The van der Waals surface area contributed by atoms with E-state index in [2.05, 4.69) is 0 Å². The first-order valence-corrected chi connectivity index (χ1v) is 3.38. The highest BCUT2D eigenvalue weighted by Crippen LogP contribution is 1.94. The molecule has 0 rings (SSSR count). The van der Waals surface area contributed by atoms with E-state index in [0.29, 0.717) is 10.9 Å². The summed E-state index contributed by atoms with van der Waals surface area (Å²) >= 11 is 10.1. The molecule has 0 spiro atoms. The topological polar surface area (TPSA) is 9.23 Å². The highest BCUT2D eigenvalue weighted by Gasteiger charge is 1.91. The molecule has 0 aromatic carbocycles. The number of hydrogen-bond acceptors (Lipinski definition) is 2. The number of alkyl halides is 1. The Hall–Kier alpha value is 0.180. The minimum absolute atomic E-state index is 0.644. The predicted molar refractivity (Wildman–Crippen MR) is 39.6 cm³/mol. The summed E-state index contributed by atoms with van der Waals surface area (Å²) in [6.07, 6.45) is 1.71. The van der Waals surface area contributed by atoms with Gasteiger partial charge in [0.1, 0.15) is 0 Å². The van der Waals surface area contributed by atoms with Crippen molar-refractivity contribution in [3.63, 3.8) is 0 Å².